The molecule has 3 aromatic carbocycles. The third kappa shape index (κ3) is 5.54. The predicted octanol–water partition coefficient (Wildman–Crippen LogP) is 5.58. The van der Waals surface area contributed by atoms with Gasteiger partial charge in [-0.1, -0.05) is 29.8 Å². The lowest BCUT2D eigenvalue weighted by molar-refractivity contribution is 0.0977. The molecule has 4 aromatic rings. The van der Waals surface area contributed by atoms with Crippen LogP contribution in [-0.4, -0.2) is 30.5 Å². The molecule has 4 rings (SSSR count). The number of ether oxygens (including phenoxy) is 1. The summed E-state index contributed by atoms with van der Waals surface area (Å²) in [4.78, 5) is 20.8. The first-order valence-electron chi connectivity index (χ1n) is 10.6. The maximum absolute atomic E-state index is 12.9. The molecule has 1 heterocycles. The molecular formula is C26H25ClN4O2. The molecule has 1 amide bonds. The van der Waals surface area contributed by atoms with Crippen LogP contribution in [-0.2, 0) is 6.42 Å². The number of H-pyrrole nitrogens is 1. The van der Waals surface area contributed by atoms with Crippen LogP contribution in [0.1, 0.15) is 21.5 Å². The topological polar surface area (TPSA) is 78.5 Å². The Hall–Kier alpha value is -3.77. The number of halogens is 1. The van der Waals surface area contributed by atoms with Gasteiger partial charge in [0.1, 0.15) is 5.75 Å². The summed E-state index contributed by atoms with van der Waals surface area (Å²) in [7, 11) is 1.59. The lowest BCUT2D eigenvalue weighted by Gasteiger charge is -2.14. The average Bonchev–Trinajstić information content (AvgIpc) is 3.24. The molecule has 33 heavy (non-hydrogen) atoms. The fourth-order valence-corrected chi connectivity index (χ4v) is 3.78. The van der Waals surface area contributed by atoms with E-state index in [1.165, 1.54) is 10.9 Å². The van der Waals surface area contributed by atoms with E-state index >= 15 is 0 Å². The zero-order valence-corrected chi connectivity index (χ0v) is 19.2. The minimum absolute atomic E-state index is 0.261. The van der Waals surface area contributed by atoms with E-state index in [1.807, 2.05) is 43.5 Å². The number of nitrogens with one attached hydrogen (secondary N) is 3. The molecule has 3 N–H and O–H groups in total. The molecule has 0 aliphatic heterocycles. The van der Waals surface area contributed by atoms with Crippen LogP contribution in [0.5, 0.6) is 5.75 Å². The number of aryl methyl sites for hydroxylation is 1. The molecule has 0 saturated carbocycles. The minimum atomic E-state index is -0.261. The number of hydrogen-bond acceptors (Lipinski definition) is 3. The summed E-state index contributed by atoms with van der Waals surface area (Å²) in [5.41, 5.74) is 4.55. The van der Waals surface area contributed by atoms with Crippen molar-refractivity contribution in [3.8, 4) is 5.75 Å². The van der Waals surface area contributed by atoms with Crippen molar-refractivity contribution in [3.05, 3.63) is 94.6 Å². The van der Waals surface area contributed by atoms with Crippen LogP contribution in [0.25, 0.3) is 10.9 Å². The van der Waals surface area contributed by atoms with Crippen molar-refractivity contribution in [2.24, 2.45) is 4.99 Å². The minimum Gasteiger partial charge on any atom is -0.497 e. The van der Waals surface area contributed by atoms with Gasteiger partial charge in [0.05, 0.1) is 7.11 Å². The molecule has 7 heteroatoms. The molecule has 0 bridgehead atoms. The van der Waals surface area contributed by atoms with E-state index in [0.717, 1.165) is 23.2 Å². The third-order valence-electron chi connectivity index (χ3n) is 5.35. The summed E-state index contributed by atoms with van der Waals surface area (Å²) in [6, 6.07) is 20.6. The van der Waals surface area contributed by atoms with Crippen molar-refractivity contribution in [2.75, 3.05) is 19.0 Å². The molecule has 0 radical (unpaired) electrons. The van der Waals surface area contributed by atoms with Gasteiger partial charge >= 0.3 is 0 Å². The van der Waals surface area contributed by atoms with Crippen molar-refractivity contribution in [2.45, 2.75) is 13.3 Å². The number of anilines is 1. The number of hydrogen-bond donors (Lipinski definition) is 3. The Morgan fingerprint density at radius 3 is 2.64 bits per heavy atom. The van der Waals surface area contributed by atoms with Gasteiger partial charge in [-0.2, -0.15) is 0 Å². The van der Waals surface area contributed by atoms with E-state index in [0.29, 0.717) is 28.8 Å². The summed E-state index contributed by atoms with van der Waals surface area (Å²) in [5.74, 6) is 0.803. The second-order valence-electron chi connectivity index (χ2n) is 7.61. The SMILES string of the molecule is COc1ccc(C(=O)NC(=NCCc2c[nH]c3ccccc23)Nc2ccc(Cl)cc2C)cc1. The largest absolute Gasteiger partial charge is 0.497 e. The number of fused-ring (bicyclic) bond motifs is 1. The highest BCUT2D eigenvalue weighted by Crippen LogP contribution is 2.20. The van der Waals surface area contributed by atoms with E-state index in [2.05, 4.69) is 26.7 Å². The summed E-state index contributed by atoms with van der Waals surface area (Å²) in [6.07, 6.45) is 2.74. The Morgan fingerprint density at radius 1 is 1.09 bits per heavy atom. The summed E-state index contributed by atoms with van der Waals surface area (Å²) in [6.45, 7) is 2.45. The number of amides is 1. The van der Waals surface area contributed by atoms with Gasteiger partial charge < -0.3 is 15.0 Å². The molecule has 6 nitrogen and oxygen atoms in total. The van der Waals surface area contributed by atoms with E-state index < -0.39 is 0 Å². The zero-order valence-electron chi connectivity index (χ0n) is 18.5. The number of nitrogens with zero attached hydrogens (tertiary/aromatic N) is 1. The molecule has 0 aliphatic rings. The van der Waals surface area contributed by atoms with Crippen LogP contribution >= 0.6 is 11.6 Å². The van der Waals surface area contributed by atoms with Gasteiger partial charge in [-0.3, -0.25) is 15.1 Å². The number of guanidine groups is 1. The predicted molar refractivity (Wildman–Crippen MR) is 135 cm³/mol. The maximum Gasteiger partial charge on any atom is 0.257 e. The van der Waals surface area contributed by atoms with Crippen molar-refractivity contribution < 1.29 is 9.53 Å². The monoisotopic (exact) mass is 460 g/mol. The van der Waals surface area contributed by atoms with Crippen LogP contribution in [0.3, 0.4) is 0 Å². The number of methoxy groups -OCH3 is 1. The Labute approximate surface area is 197 Å². The van der Waals surface area contributed by atoms with E-state index in [-0.39, 0.29) is 5.91 Å². The Kier molecular flexibility index (Phi) is 6.95. The summed E-state index contributed by atoms with van der Waals surface area (Å²) >= 11 is 6.09. The first-order chi connectivity index (χ1) is 16.0. The van der Waals surface area contributed by atoms with Crippen molar-refractivity contribution in [1.29, 1.82) is 0 Å². The first-order valence-corrected chi connectivity index (χ1v) is 11.0. The van der Waals surface area contributed by atoms with Crippen LogP contribution < -0.4 is 15.4 Å². The Balaban J connectivity index is 1.53. The van der Waals surface area contributed by atoms with E-state index in [9.17, 15) is 4.79 Å². The van der Waals surface area contributed by atoms with Crippen LogP contribution in [0.4, 0.5) is 5.69 Å². The molecule has 0 saturated heterocycles. The zero-order chi connectivity index (χ0) is 23.2. The van der Waals surface area contributed by atoms with Gasteiger partial charge in [-0.25, -0.2) is 0 Å². The van der Waals surface area contributed by atoms with Crippen LogP contribution in [0.2, 0.25) is 5.02 Å². The van der Waals surface area contributed by atoms with Gasteiger partial charge in [-0.05, 0) is 73.0 Å². The number of aromatic nitrogens is 1. The van der Waals surface area contributed by atoms with Gasteiger partial charge in [0, 0.05) is 39.9 Å². The molecular weight excluding hydrogens is 436 g/mol. The van der Waals surface area contributed by atoms with Crippen molar-refractivity contribution in [3.63, 3.8) is 0 Å². The second kappa shape index (κ2) is 10.2. The van der Waals surface area contributed by atoms with Crippen LogP contribution in [0, 0.1) is 6.92 Å². The number of aromatic amines is 1. The maximum atomic E-state index is 12.9. The summed E-state index contributed by atoms with van der Waals surface area (Å²) in [5, 5.41) is 7.97. The number of rotatable bonds is 6. The Morgan fingerprint density at radius 2 is 1.88 bits per heavy atom. The smallest absolute Gasteiger partial charge is 0.257 e. The highest BCUT2D eigenvalue weighted by molar-refractivity contribution is 6.30. The number of benzene rings is 3. The fraction of sp³-hybridized carbons (Fsp3) is 0.154. The van der Waals surface area contributed by atoms with Gasteiger partial charge in [0.2, 0.25) is 5.96 Å². The molecule has 0 fully saturated rings. The molecule has 0 aliphatic carbocycles. The van der Waals surface area contributed by atoms with Crippen molar-refractivity contribution in [1.82, 2.24) is 10.3 Å². The molecule has 1 aromatic heterocycles. The number of aliphatic imine (C=N–C) groups is 1. The highest BCUT2D eigenvalue weighted by atomic mass is 35.5. The lowest BCUT2D eigenvalue weighted by atomic mass is 10.1. The fourth-order valence-electron chi connectivity index (χ4n) is 3.55. The standard InChI is InChI=1S/C26H25ClN4O2/c1-17-15-20(27)9-12-23(17)30-26(31-25(32)18-7-10-21(33-2)11-8-18)28-14-13-19-16-29-24-6-4-3-5-22(19)24/h3-12,15-16,29H,13-14H2,1-2H3,(H2,28,30,31,32). The first kappa shape index (κ1) is 22.4. The van der Waals surface area contributed by atoms with Gasteiger partial charge in [0.25, 0.3) is 5.91 Å². The number of carbonyl (C=O) groups excluding carboxylic acids is 1. The summed E-state index contributed by atoms with van der Waals surface area (Å²) < 4.78 is 5.17. The average molecular weight is 461 g/mol. The van der Waals surface area contributed by atoms with E-state index in [4.69, 9.17) is 16.3 Å². The quantitative estimate of drug-likeness (QED) is 0.259. The third-order valence-corrected chi connectivity index (χ3v) is 5.59. The second-order valence-corrected chi connectivity index (χ2v) is 8.04. The van der Waals surface area contributed by atoms with Crippen LogP contribution in [0.15, 0.2) is 77.9 Å². The molecule has 0 unspecified atom stereocenters. The highest BCUT2D eigenvalue weighted by Gasteiger charge is 2.11. The van der Waals surface area contributed by atoms with Gasteiger partial charge in [-0.15, -0.1) is 0 Å². The van der Waals surface area contributed by atoms with E-state index in [1.54, 1.807) is 37.4 Å². The molecule has 0 spiro atoms. The number of para-hydroxylation sites is 1. The van der Waals surface area contributed by atoms with Crippen molar-refractivity contribution >= 4 is 40.1 Å². The molecule has 168 valence electrons. The lowest BCUT2D eigenvalue weighted by Crippen LogP contribution is -2.36. The molecule has 0 atom stereocenters. The Bertz CT molecular complexity index is 1300. The normalized spacial score (nSPS) is 11.4. The van der Waals surface area contributed by atoms with Gasteiger partial charge in [0.15, 0.2) is 0 Å². The number of carbonyl (C=O) groups is 1.